The summed E-state index contributed by atoms with van der Waals surface area (Å²) in [7, 11) is 7.23. The van der Waals surface area contributed by atoms with E-state index in [2.05, 4.69) is 39.5 Å². The lowest BCUT2D eigenvalue weighted by molar-refractivity contribution is -0.105. The van der Waals surface area contributed by atoms with E-state index in [9.17, 15) is 4.79 Å². The summed E-state index contributed by atoms with van der Waals surface area (Å²) in [6.45, 7) is 0. The Balaban J connectivity index is 1.88. The highest BCUT2D eigenvalue weighted by atomic mass is 16.5. The molecule has 1 amide bonds. The van der Waals surface area contributed by atoms with Crippen molar-refractivity contribution in [1.29, 1.82) is 0 Å². The number of methoxy groups -OCH3 is 2. The van der Waals surface area contributed by atoms with Gasteiger partial charge in [-0.2, -0.15) is 0 Å². The number of ether oxygens (including phenoxy) is 2. The van der Waals surface area contributed by atoms with Gasteiger partial charge < -0.3 is 19.7 Å². The number of carbonyl (C=O) groups excluding carboxylic acids is 1. The molecular formula is C24H24N4O3. The zero-order valence-corrected chi connectivity index (χ0v) is 17.9. The highest BCUT2D eigenvalue weighted by molar-refractivity contribution is 5.86. The maximum absolute atomic E-state index is 11.2. The number of anilines is 2. The van der Waals surface area contributed by atoms with Crippen molar-refractivity contribution in [2.24, 2.45) is 0 Å². The molecule has 0 saturated heterocycles. The second-order valence-corrected chi connectivity index (χ2v) is 7.25. The van der Waals surface area contributed by atoms with Crippen LogP contribution >= 0.6 is 0 Å². The molecule has 2 aromatic heterocycles. The average molecular weight is 416 g/mol. The van der Waals surface area contributed by atoms with E-state index in [1.54, 1.807) is 20.4 Å². The normalized spacial score (nSPS) is 10.7. The molecular weight excluding hydrogens is 392 g/mol. The number of nitrogens with one attached hydrogen (secondary N) is 1. The number of fused-ring (bicyclic) bond motifs is 1. The fourth-order valence-electron chi connectivity index (χ4n) is 3.58. The van der Waals surface area contributed by atoms with Crippen molar-refractivity contribution in [3.63, 3.8) is 0 Å². The maximum Gasteiger partial charge on any atom is 0.211 e. The van der Waals surface area contributed by atoms with Crippen molar-refractivity contribution in [2.75, 3.05) is 38.5 Å². The van der Waals surface area contributed by atoms with Gasteiger partial charge in [0.25, 0.3) is 0 Å². The number of amides is 1. The van der Waals surface area contributed by atoms with Crippen LogP contribution in [-0.4, -0.2) is 44.1 Å². The molecule has 2 heterocycles. The number of rotatable bonds is 7. The van der Waals surface area contributed by atoms with E-state index in [1.807, 2.05) is 49.0 Å². The van der Waals surface area contributed by atoms with E-state index in [0.717, 1.165) is 28.1 Å². The first-order valence-electron chi connectivity index (χ1n) is 9.77. The SMILES string of the molecule is COc1ccc(-c2cnc3c(NC=O)cc(-c4ccc(N(C)C)cc4)cn23)cc1OC. The molecule has 1 N–H and O–H groups in total. The molecule has 0 bridgehead atoms. The molecule has 2 aromatic carbocycles. The van der Waals surface area contributed by atoms with Gasteiger partial charge in [0.05, 0.1) is 31.8 Å². The number of aromatic nitrogens is 2. The number of imidazole rings is 1. The van der Waals surface area contributed by atoms with Crippen LogP contribution in [0.3, 0.4) is 0 Å². The molecule has 4 rings (SSSR count). The van der Waals surface area contributed by atoms with Crippen LogP contribution in [0.25, 0.3) is 28.0 Å². The Bertz CT molecular complexity index is 1230. The van der Waals surface area contributed by atoms with Gasteiger partial charge in [-0.15, -0.1) is 0 Å². The Labute approximate surface area is 180 Å². The zero-order chi connectivity index (χ0) is 22.0. The molecule has 0 aliphatic heterocycles. The third kappa shape index (κ3) is 3.77. The van der Waals surface area contributed by atoms with Crippen molar-refractivity contribution in [2.45, 2.75) is 0 Å². The topological polar surface area (TPSA) is 68.1 Å². The van der Waals surface area contributed by atoms with Crippen LogP contribution in [0.1, 0.15) is 0 Å². The standard InChI is InChI=1S/C24H24N4O3/c1-27(2)19-8-5-16(6-9-19)18-11-20(26-15-29)24-25-13-21(28(24)14-18)17-7-10-22(30-3)23(12-17)31-4/h5-15H,1-4H3,(H,26,29). The number of pyridine rings is 1. The van der Waals surface area contributed by atoms with Gasteiger partial charge in [0.1, 0.15) is 0 Å². The minimum atomic E-state index is 0.635. The fourth-order valence-corrected chi connectivity index (χ4v) is 3.58. The average Bonchev–Trinajstić information content (AvgIpc) is 3.23. The largest absolute Gasteiger partial charge is 0.493 e. The van der Waals surface area contributed by atoms with E-state index in [1.165, 1.54) is 0 Å². The van der Waals surface area contributed by atoms with Crippen LogP contribution in [0, 0.1) is 0 Å². The van der Waals surface area contributed by atoms with Crippen LogP contribution in [-0.2, 0) is 4.79 Å². The molecule has 0 atom stereocenters. The molecule has 31 heavy (non-hydrogen) atoms. The lowest BCUT2D eigenvalue weighted by atomic mass is 10.1. The van der Waals surface area contributed by atoms with Gasteiger partial charge in [0.2, 0.25) is 6.41 Å². The van der Waals surface area contributed by atoms with E-state index in [4.69, 9.17) is 9.47 Å². The van der Waals surface area contributed by atoms with Crippen LogP contribution < -0.4 is 19.7 Å². The monoisotopic (exact) mass is 416 g/mol. The van der Waals surface area contributed by atoms with Crippen molar-refractivity contribution >= 4 is 23.4 Å². The van der Waals surface area contributed by atoms with E-state index in [-0.39, 0.29) is 0 Å². The van der Waals surface area contributed by atoms with Crippen molar-refractivity contribution in [1.82, 2.24) is 9.38 Å². The summed E-state index contributed by atoms with van der Waals surface area (Å²) < 4.78 is 12.8. The molecule has 7 heteroatoms. The van der Waals surface area contributed by atoms with Gasteiger partial charge in [-0.05, 0) is 42.0 Å². The number of hydrogen-bond donors (Lipinski definition) is 1. The summed E-state index contributed by atoms with van der Waals surface area (Å²) in [6.07, 6.45) is 4.47. The number of nitrogens with zero attached hydrogens (tertiary/aromatic N) is 3. The third-order valence-corrected chi connectivity index (χ3v) is 5.22. The van der Waals surface area contributed by atoms with Crippen LogP contribution in [0.5, 0.6) is 11.5 Å². The Morgan fingerprint density at radius 2 is 1.65 bits per heavy atom. The molecule has 0 spiro atoms. The second-order valence-electron chi connectivity index (χ2n) is 7.25. The van der Waals surface area contributed by atoms with Gasteiger partial charge in [-0.3, -0.25) is 9.20 Å². The number of carbonyl (C=O) groups is 1. The molecule has 0 aliphatic rings. The molecule has 0 saturated carbocycles. The predicted molar refractivity (Wildman–Crippen MR) is 123 cm³/mol. The van der Waals surface area contributed by atoms with Crippen LogP contribution in [0.4, 0.5) is 11.4 Å². The van der Waals surface area contributed by atoms with Crippen molar-refractivity contribution < 1.29 is 14.3 Å². The summed E-state index contributed by atoms with van der Waals surface area (Å²) in [6, 6.07) is 15.9. The molecule has 0 radical (unpaired) electrons. The first-order valence-corrected chi connectivity index (χ1v) is 9.77. The summed E-state index contributed by atoms with van der Waals surface area (Å²) >= 11 is 0. The summed E-state index contributed by atoms with van der Waals surface area (Å²) in [5.41, 5.74) is 6.19. The summed E-state index contributed by atoms with van der Waals surface area (Å²) in [5, 5.41) is 2.78. The Morgan fingerprint density at radius 1 is 0.935 bits per heavy atom. The van der Waals surface area contributed by atoms with Gasteiger partial charge in [-0.1, -0.05) is 12.1 Å². The summed E-state index contributed by atoms with van der Waals surface area (Å²) in [5.74, 6) is 1.29. The minimum absolute atomic E-state index is 0.635. The molecule has 0 aliphatic carbocycles. The first-order chi connectivity index (χ1) is 15.0. The third-order valence-electron chi connectivity index (χ3n) is 5.22. The van der Waals surface area contributed by atoms with Gasteiger partial charge in [0.15, 0.2) is 17.1 Å². The highest BCUT2D eigenvalue weighted by Gasteiger charge is 2.14. The van der Waals surface area contributed by atoms with E-state index >= 15 is 0 Å². The van der Waals surface area contributed by atoms with Crippen LogP contribution in [0.2, 0.25) is 0 Å². The Morgan fingerprint density at radius 3 is 2.29 bits per heavy atom. The van der Waals surface area contributed by atoms with Gasteiger partial charge in [-0.25, -0.2) is 4.98 Å². The van der Waals surface area contributed by atoms with E-state index in [0.29, 0.717) is 29.2 Å². The second kappa shape index (κ2) is 8.39. The lowest BCUT2D eigenvalue weighted by Crippen LogP contribution is -2.07. The first kappa shape index (κ1) is 20.3. The maximum atomic E-state index is 11.2. The number of benzene rings is 2. The molecule has 7 nitrogen and oxygen atoms in total. The Hall–Kier alpha value is -4.00. The smallest absolute Gasteiger partial charge is 0.211 e. The van der Waals surface area contributed by atoms with Gasteiger partial charge >= 0.3 is 0 Å². The Kier molecular flexibility index (Phi) is 5.49. The molecule has 0 unspecified atom stereocenters. The molecule has 158 valence electrons. The van der Waals surface area contributed by atoms with E-state index < -0.39 is 0 Å². The van der Waals surface area contributed by atoms with Crippen molar-refractivity contribution in [3.05, 3.63) is 60.9 Å². The predicted octanol–water partition coefficient (Wildman–Crippen LogP) is 4.32. The highest BCUT2D eigenvalue weighted by Crippen LogP contribution is 2.35. The summed E-state index contributed by atoms with van der Waals surface area (Å²) in [4.78, 5) is 17.8. The van der Waals surface area contributed by atoms with Crippen molar-refractivity contribution in [3.8, 4) is 33.9 Å². The fraction of sp³-hybridized carbons (Fsp3) is 0.167. The quantitative estimate of drug-likeness (QED) is 0.455. The molecule has 4 aromatic rings. The van der Waals surface area contributed by atoms with Crippen LogP contribution in [0.15, 0.2) is 60.9 Å². The lowest BCUT2D eigenvalue weighted by Gasteiger charge is -2.14. The zero-order valence-electron chi connectivity index (χ0n) is 17.9. The minimum Gasteiger partial charge on any atom is -0.493 e. The number of hydrogen-bond acceptors (Lipinski definition) is 5. The van der Waals surface area contributed by atoms with Gasteiger partial charge in [0, 0.05) is 37.1 Å². The molecule has 0 fully saturated rings.